The number of benzene rings is 2. The van der Waals surface area contributed by atoms with Crippen LogP contribution in [0.3, 0.4) is 0 Å². The Bertz CT molecular complexity index is 692. The molecule has 0 saturated carbocycles. The quantitative estimate of drug-likeness (QED) is 0.635. The predicted molar refractivity (Wildman–Crippen MR) is 84.0 cm³/mol. The van der Waals surface area contributed by atoms with Crippen LogP contribution in [0.5, 0.6) is 5.75 Å². The molecular formula is C17H15N3O. The highest BCUT2D eigenvalue weighted by atomic mass is 16.5. The zero-order chi connectivity index (χ0) is 15.1. The summed E-state index contributed by atoms with van der Waals surface area (Å²) in [7, 11) is 1.64. The normalized spacial score (nSPS) is 11.4. The maximum Gasteiger partial charge on any atom is 0.118 e. The van der Waals surface area contributed by atoms with Crippen LogP contribution in [0.15, 0.2) is 58.7 Å². The molecule has 0 aliphatic rings. The van der Waals surface area contributed by atoms with E-state index in [1.807, 2.05) is 43.3 Å². The summed E-state index contributed by atoms with van der Waals surface area (Å²) in [4.78, 5) is 0. The van der Waals surface area contributed by atoms with E-state index in [-0.39, 0.29) is 0 Å². The van der Waals surface area contributed by atoms with Crippen molar-refractivity contribution in [2.24, 2.45) is 10.2 Å². The zero-order valence-corrected chi connectivity index (χ0v) is 11.9. The Morgan fingerprint density at radius 1 is 1.10 bits per heavy atom. The van der Waals surface area contributed by atoms with Crippen LogP contribution in [-0.2, 0) is 0 Å². The van der Waals surface area contributed by atoms with Crippen LogP contribution in [-0.4, -0.2) is 19.0 Å². The lowest BCUT2D eigenvalue weighted by Crippen LogP contribution is -1.94. The lowest BCUT2D eigenvalue weighted by Gasteiger charge is -2.01. The lowest BCUT2D eigenvalue weighted by molar-refractivity contribution is 0.415. The van der Waals surface area contributed by atoms with Gasteiger partial charge < -0.3 is 4.74 Å². The molecule has 0 radical (unpaired) electrons. The highest BCUT2D eigenvalue weighted by Crippen LogP contribution is 2.12. The summed E-state index contributed by atoms with van der Waals surface area (Å²) in [6.45, 7) is 1.90. The molecule has 2 aromatic carbocycles. The van der Waals surface area contributed by atoms with Crippen molar-refractivity contribution in [2.75, 3.05) is 7.11 Å². The van der Waals surface area contributed by atoms with Crippen molar-refractivity contribution in [2.45, 2.75) is 6.92 Å². The fourth-order valence-corrected chi connectivity index (χ4v) is 1.72. The Labute approximate surface area is 124 Å². The molecule has 0 spiro atoms. The second-order valence-electron chi connectivity index (χ2n) is 4.39. The lowest BCUT2D eigenvalue weighted by atomic mass is 10.1. The standard InChI is InChI=1S/C17H15N3O/c1-13(16-7-9-17(21-2)10-8-16)20-19-12-15-5-3-14(11-18)4-6-15/h3-10,12H,1-2H3/b19-12+,20-13+. The molecular weight excluding hydrogens is 262 g/mol. The molecule has 104 valence electrons. The number of hydrogen-bond acceptors (Lipinski definition) is 4. The molecule has 0 atom stereocenters. The van der Waals surface area contributed by atoms with Gasteiger partial charge in [-0.05, 0) is 54.4 Å². The summed E-state index contributed by atoms with van der Waals surface area (Å²) in [6, 6.07) is 16.9. The summed E-state index contributed by atoms with van der Waals surface area (Å²) in [5.41, 5.74) is 3.35. The van der Waals surface area contributed by atoms with Gasteiger partial charge in [0.05, 0.1) is 30.7 Å². The average Bonchev–Trinajstić information content (AvgIpc) is 2.55. The smallest absolute Gasteiger partial charge is 0.118 e. The number of nitriles is 1. The fourth-order valence-electron chi connectivity index (χ4n) is 1.72. The molecule has 0 unspecified atom stereocenters. The first-order valence-corrected chi connectivity index (χ1v) is 6.45. The molecule has 0 heterocycles. The van der Waals surface area contributed by atoms with E-state index in [4.69, 9.17) is 10.00 Å². The summed E-state index contributed by atoms with van der Waals surface area (Å²) < 4.78 is 5.11. The van der Waals surface area contributed by atoms with Crippen molar-refractivity contribution in [3.63, 3.8) is 0 Å². The van der Waals surface area contributed by atoms with Gasteiger partial charge in [0.15, 0.2) is 0 Å². The van der Waals surface area contributed by atoms with Crippen LogP contribution in [0.25, 0.3) is 0 Å². The van der Waals surface area contributed by atoms with Gasteiger partial charge in [-0.3, -0.25) is 0 Å². The van der Waals surface area contributed by atoms with E-state index < -0.39 is 0 Å². The van der Waals surface area contributed by atoms with E-state index in [0.717, 1.165) is 22.6 Å². The second-order valence-corrected chi connectivity index (χ2v) is 4.39. The average molecular weight is 277 g/mol. The van der Waals surface area contributed by atoms with Gasteiger partial charge in [0, 0.05) is 0 Å². The highest BCUT2D eigenvalue weighted by molar-refractivity contribution is 5.99. The van der Waals surface area contributed by atoms with Gasteiger partial charge in [0.1, 0.15) is 5.75 Å². The van der Waals surface area contributed by atoms with E-state index in [1.54, 1.807) is 25.5 Å². The largest absolute Gasteiger partial charge is 0.497 e. The third-order valence-electron chi connectivity index (χ3n) is 2.96. The Kier molecular flexibility index (Phi) is 4.84. The molecule has 2 rings (SSSR count). The topological polar surface area (TPSA) is 57.7 Å². The number of rotatable bonds is 4. The van der Waals surface area contributed by atoms with Crippen molar-refractivity contribution in [3.8, 4) is 11.8 Å². The molecule has 0 aromatic heterocycles. The maximum absolute atomic E-state index is 8.73. The third kappa shape index (κ3) is 4.02. The molecule has 0 N–H and O–H groups in total. The summed E-state index contributed by atoms with van der Waals surface area (Å²) in [5.74, 6) is 0.813. The van der Waals surface area contributed by atoms with Crippen LogP contribution in [0.1, 0.15) is 23.6 Å². The third-order valence-corrected chi connectivity index (χ3v) is 2.96. The molecule has 0 fully saturated rings. The minimum atomic E-state index is 0.630. The van der Waals surface area contributed by atoms with Crippen LogP contribution >= 0.6 is 0 Å². The van der Waals surface area contributed by atoms with E-state index in [2.05, 4.69) is 16.3 Å². The van der Waals surface area contributed by atoms with E-state index >= 15 is 0 Å². The SMILES string of the molecule is COc1ccc(/C(C)=N/N=C/c2ccc(C#N)cc2)cc1. The molecule has 2 aromatic rings. The zero-order valence-electron chi connectivity index (χ0n) is 11.9. The van der Waals surface area contributed by atoms with Crippen LogP contribution in [0.2, 0.25) is 0 Å². The van der Waals surface area contributed by atoms with Crippen molar-refractivity contribution >= 4 is 11.9 Å². The van der Waals surface area contributed by atoms with Crippen LogP contribution < -0.4 is 4.74 Å². The Morgan fingerprint density at radius 2 is 1.76 bits per heavy atom. The molecule has 0 aliphatic heterocycles. The minimum absolute atomic E-state index is 0.630. The van der Waals surface area contributed by atoms with Gasteiger partial charge >= 0.3 is 0 Å². The second kappa shape index (κ2) is 7.01. The number of methoxy groups -OCH3 is 1. The minimum Gasteiger partial charge on any atom is -0.497 e. The number of ether oxygens (including phenoxy) is 1. The van der Waals surface area contributed by atoms with E-state index in [9.17, 15) is 0 Å². The molecule has 21 heavy (non-hydrogen) atoms. The summed E-state index contributed by atoms with van der Waals surface area (Å²) in [6.07, 6.45) is 1.66. The molecule has 4 heteroatoms. The highest BCUT2D eigenvalue weighted by Gasteiger charge is 1.97. The van der Waals surface area contributed by atoms with E-state index in [1.165, 1.54) is 0 Å². The number of hydrogen-bond donors (Lipinski definition) is 0. The fraction of sp³-hybridized carbons (Fsp3) is 0.118. The van der Waals surface area contributed by atoms with Gasteiger partial charge in [0.2, 0.25) is 0 Å². The first-order chi connectivity index (χ1) is 10.2. The molecule has 4 nitrogen and oxygen atoms in total. The summed E-state index contributed by atoms with van der Waals surface area (Å²) in [5, 5.41) is 17.0. The molecule has 0 bridgehead atoms. The first-order valence-electron chi connectivity index (χ1n) is 6.45. The van der Waals surface area contributed by atoms with Crippen LogP contribution in [0.4, 0.5) is 0 Å². The Morgan fingerprint density at radius 3 is 2.33 bits per heavy atom. The van der Waals surface area contributed by atoms with Crippen LogP contribution in [0, 0.1) is 11.3 Å². The number of nitrogens with zero attached hydrogens (tertiary/aromatic N) is 3. The van der Waals surface area contributed by atoms with Gasteiger partial charge in [0.25, 0.3) is 0 Å². The predicted octanol–water partition coefficient (Wildman–Crippen LogP) is 3.41. The molecule has 0 saturated heterocycles. The van der Waals surface area contributed by atoms with Crippen molar-refractivity contribution in [1.82, 2.24) is 0 Å². The summed E-state index contributed by atoms with van der Waals surface area (Å²) >= 11 is 0. The van der Waals surface area contributed by atoms with Crippen molar-refractivity contribution in [1.29, 1.82) is 5.26 Å². The van der Waals surface area contributed by atoms with Crippen molar-refractivity contribution < 1.29 is 4.74 Å². The Balaban J connectivity index is 2.07. The van der Waals surface area contributed by atoms with E-state index in [0.29, 0.717) is 5.56 Å². The van der Waals surface area contributed by atoms with Gasteiger partial charge in [-0.2, -0.15) is 15.5 Å². The first kappa shape index (κ1) is 14.5. The molecule has 0 amide bonds. The van der Waals surface area contributed by atoms with Gasteiger partial charge in [-0.15, -0.1) is 0 Å². The molecule has 0 aliphatic carbocycles. The van der Waals surface area contributed by atoms with Crippen molar-refractivity contribution in [3.05, 3.63) is 65.2 Å². The van der Waals surface area contributed by atoms with Gasteiger partial charge in [-0.1, -0.05) is 12.1 Å². The maximum atomic E-state index is 8.73. The Hall–Kier alpha value is -2.93. The van der Waals surface area contributed by atoms with Gasteiger partial charge in [-0.25, -0.2) is 0 Å². The monoisotopic (exact) mass is 277 g/mol.